The van der Waals surface area contributed by atoms with Gasteiger partial charge in [0.1, 0.15) is 6.07 Å². The minimum Gasteiger partial charge on any atom is -0.192 e. The van der Waals surface area contributed by atoms with Gasteiger partial charge in [-0.15, -0.1) is 22.7 Å². The fourth-order valence-corrected chi connectivity index (χ4v) is 8.17. The monoisotopic (exact) mass is 568 g/mol. The van der Waals surface area contributed by atoms with E-state index in [-0.39, 0.29) is 0 Å². The van der Waals surface area contributed by atoms with Gasteiger partial charge in [-0.2, -0.15) is 10.5 Å². The van der Waals surface area contributed by atoms with E-state index in [0.29, 0.717) is 11.1 Å². The summed E-state index contributed by atoms with van der Waals surface area (Å²) in [4.78, 5) is 0. The Kier molecular flexibility index (Phi) is 5.66. The van der Waals surface area contributed by atoms with E-state index in [4.69, 9.17) is 0 Å². The van der Waals surface area contributed by atoms with Crippen molar-refractivity contribution < 1.29 is 0 Å². The van der Waals surface area contributed by atoms with Crippen molar-refractivity contribution in [1.29, 1.82) is 10.5 Å². The Morgan fingerprint density at radius 2 is 1.02 bits per heavy atom. The van der Waals surface area contributed by atoms with Crippen molar-refractivity contribution in [3.05, 3.63) is 132 Å². The lowest BCUT2D eigenvalue weighted by Gasteiger charge is -2.15. The summed E-state index contributed by atoms with van der Waals surface area (Å²) in [6.45, 7) is 0. The molecule has 42 heavy (non-hydrogen) atoms. The van der Waals surface area contributed by atoms with Crippen molar-refractivity contribution in [2.75, 3.05) is 0 Å². The molecule has 6 aromatic carbocycles. The van der Waals surface area contributed by atoms with Crippen molar-refractivity contribution in [1.82, 2.24) is 0 Å². The van der Waals surface area contributed by atoms with Crippen molar-refractivity contribution in [2.24, 2.45) is 0 Å². The van der Waals surface area contributed by atoms with E-state index in [1.54, 1.807) is 22.7 Å². The maximum Gasteiger partial charge on any atom is 0.100 e. The summed E-state index contributed by atoms with van der Waals surface area (Å²) >= 11 is 3.56. The third kappa shape index (κ3) is 3.90. The molecule has 0 aliphatic carbocycles. The zero-order valence-corrected chi connectivity index (χ0v) is 23.9. The van der Waals surface area contributed by atoms with Crippen LogP contribution in [-0.4, -0.2) is 0 Å². The van der Waals surface area contributed by atoms with Gasteiger partial charge < -0.3 is 0 Å². The van der Waals surface area contributed by atoms with Gasteiger partial charge in [-0.3, -0.25) is 0 Å². The van der Waals surface area contributed by atoms with Crippen molar-refractivity contribution >= 4 is 63.0 Å². The summed E-state index contributed by atoms with van der Waals surface area (Å²) in [5, 5.41) is 25.1. The number of hydrogen-bond acceptors (Lipinski definition) is 4. The van der Waals surface area contributed by atoms with E-state index >= 15 is 0 Å². The zero-order valence-electron chi connectivity index (χ0n) is 22.3. The molecule has 2 heterocycles. The molecule has 0 aliphatic heterocycles. The molecule has 0 N–H and O–H groups in total. The molecule has 0 bridgehead atoms. The van der Waals surface area contributed by atoms with E-state index in [2.05, 4.69) is 109 Å². The number of nitrogens with zero attached hydrogens (tertiary/aromatic N) is 2. The molecule has 4 heteroatoms. The van der Waals surface area contributed by atoms with Crippen LogP contribution in [0.4, 0.5) is 0 Å². The quantitative estimate of drug-likeness (QED) is 0.213. The number of fused-ring (bicyclic) bond motifs is 6. The van der Waals surface area contributed by atoms with Gasteiger partial charge in [0.05, 0.1) is 17.2 Å². The predicted octanol–water partition coefficient (Wildman–Crippen LogP) is 11.2. The fraction of sp³-hybridized carbons (Fsp3) is 0. The van der Waals surface area contributed by atoms with Gasteiger partial charge >= 0.3 is 0 Å². The molecule has 0 unspecified atom stereocenters. The van der Waals surface area contributed by atoms with Crippen molar-refractivity contribution in [3.63, 3.8) is 0 Å². The van der Waals surface area contributed by atoms with E-state index < -0.39 is 0 Å². The molecule has 194 valence electrons. The number of nitriles is 2. The molecule has 8 rings (SSSR count). The second-order valence-electron chi connectivity index (χ2n) is 10.4. The lowest BCUT2D eigenvalue weighted by atomic mass is 9.87. The molecule has 0 fully saturated rings. The van der Waals surface area contributed by atoms with Crippen LogP contribution in [0.2, 0.25) is 0 Å². The van der Waals surface area contributed by atoms with E-state index in [9.17, 15) is 10.5 Å². The molecule has 0 saturated carbocycles. The lowest BCUT2D eigenvalue weighted by Crippen LogP contribution is -1.93. The van der Waals surface area contributed by atoms with Gasteiger partial charge in [0, 0.05) is 51.5 Å². The first-order chi connectivity index (χ1) is 20.7. The van der Waals surface area contributed by atoms with Crippen molar-refractivity contribution in [3.8, 4) is 45.5 Å². The van der Waals surface area contributed by atoms with Gasteiger partial charge in [-0.25, -0.2) is 0 Å². The normalized spacial score (nSPS) is 11.3. The molecule has 2 aromatic heterocycles. The number of hydrogen-bond donors (Lipinski definition) is 0. The molecule has 0 aliphatic rings. The SMILES string of the molecule is N#Cc1cccc(-c2cc(-c3ccc4c(c3)sc3ccccc34)c(C#N)c(-c3ccc4sc5ccccc5c4c3)c2)c1. The molecule has 0 amide bonds. The van der Waals surface area contributed by atoms with Gasteiger partial charge in [-0.05, 0) is 76.9 Å². The Labute approximate surface area is 250 Å². The molecule has 0 spiro atoms. The summed E-state index contributed by atoms with van der Waals surface area (Å²) in [5.74, 6) is 0. The fourth-order valence-electron chi connectivity index (χ4n) is 5.94. The van der Waals surface area contributed by atoms with Crippen LogP contribution in [0.1, 0.15) is 11.1 Å². The number of thiophene rings is 2. The Hall–Kier alpha value is -5.26. The smallest absolute Gasteiger partial charge is 0.100 e. The van der Waals surface area contributed by atoms with Gasteiger partial charge in [-0.1, -0.05) is 66.7 Å². The van der Waals surface area contributed by atoms with Crippen LogP contribution in [0.25, 0.3) is 73.7 Å². The minimum atomic E-state index is 0.609. The average Bonchev–Trinajstić information content (AvgIpc) is 3.61. The Morgan fingerprint density at radius 1 is 0.405 bits per heavy atom. The van der Waals surface area contributed by atoms with Crippen LogP contribution in [0.5, 0.6) is 0 Å². The first-order valence-electron chi connectivity index (χ1n) is 13.6. The second kappa shape index (κ2) is 9.68. The lowest BCUT2D eigenvalue weighted by molar-refractivity contribution is 1.46. The predicted molar refractivity (Wildman–Crippen MR) is 178 cm³/mol. The third-order valence-electron chi connectivity index (χ3n) is 7.95. The molecule has 0 radical (unpaired) electrons. The van der Waals surface area contributed by atoms with E-state index in [0.717, 1.165) is 33.4 Å². The molecule has 0 saturated heterocycles. The van der Waals surface area contributed by atoms with Crippen LogP contribution in [0.15, 0.2) is 121 Å². The van der Waals surface area contributed by atoms with Gasteiger partial charge in [0.15, 0.2) is 0 Å². The number of rotatable bonds is 3. The highest BCUT2D eigenvalue weighted by Gasteiger charge is 2.18. The summed E-state index contributed by atoms with van der Waals surface area (Å²) < 4.78 is 4.93. The maximum absolute atomic E-state index is 10.6. The summed E-state index contributed by atoms with van der Waals surface area (Å²) in [7, 11) is 0. The van der Waals surface area contributed by atoms with E-state index in [1.165, 1.54) is 40.3 Å². The largest absolute Gasteiger partial charge is 0.192 e. The highest BCUT2D eigenvalue weighted by molar-refractivity contribution is 7.26. The van der Waals surface area contributed by atoms with Crippen LogP contribution in [0, 0.1) is 22.7 Å². The Balaban J connectivity index is 1.41. The molecule has 0 atom stereocenters. The Bertz CT molecular complexity index is 2450. The van der Waals surface area contributed by atoms with Crippen LogP contribution < -0.4 is 0 Å². The highest BCUT2D eigenvalue weighted by atomic mass is 32.1. The highest BCUT2D eigenvalue weighted by Crippen LogP contribution is 2.42. The third-order valence-corrected chi connectivity index (χ3v) is 10.2. The minimum absolute atomic E-state index is 0.609. The molecule has 2 nitrogen and oxygen atoms in total. The standard InChI is InChI=1S/C38H20N2S2/c39-21-23-6-5-7-24(16-23)27-18-31(25-13-15-37-33(17-25)29-9-2-4-11-36(29)41-37)34(22-40)32(19-27)26-12-14-30-28-8-1-3-10-35(28)42-38(30)20-26/h1-20H. The first-order valence-corrected chi connectivity index (χ1v) is 15.3. The summed E-state index contributed by atoms with van der Waals surface area (Å²) in [5.41, 5.74) is 6.97. The summed E-state index contributed by atoms with van der Waals surface area (Å²) in [6, 6.07) is 46.7. The first kappa shape index (κ1) is 24.5. The van der Waals surface area contributed by atoms with Gasteiger partial charge in [0.2, 0.25) is 0 Å². The molecular formula is C38H20N2S2. The second-order valence-corrected chi connectivity index (χ2v) is 12.5. The van der Waals surface area contributed by atoms with Crippen molar-refractivity contribution in [2.45, 2.75) is 0 Å². The summed E-state index contributed by atoms with van der Waals surface area (Å²) in [6.07, 6.45) is 0. The van der Waals surface area contributed by atoms with Crippen LogP contribution in [0.3, 0.4) is 0 Å². The Morgan fingerprint density at radius 3 is 1.76 bits per heavy atom. The molecule has 8 aromatic rings. The van der Waals surface area contributed by atoms with Crippen LogP contribution in [-0.2, 0) is 0 Å². The zero-order chi connectivity index (χ0) is 28.2. The topological polar surface area (TPSA) is 47.6 Å². The van der Waals surface area contributed by atoms with Gasteiger partial charge in [0.25, 0.3) is 0 Å². The number of benzene rings is 6. The molecular weight excluding hydrogens is 549 g/mol. The van der Waals surface area contributed by atoms with E-state index in [1.807, 2.05) is 24.3 Å². The maximum atomic E-state index is 10.6. The van der Waals surface area contributed by atoms with Crippen LogP contribution >= 0.6 is 22.7 Å². The average molecular weight is 569 g/mol.